The maximum absolute atomic E-state index is 13.1. The molecular weight excluding hydrogens is 392 g/mol. The second kappa shape index (κ2) is 11.1. The van der Waals surface area contributed by atoms with Crippen LogP contribution < -0.4 is 4.74 Å². The van der Waals surface area contributed by atoms with E-state index in [1.54, 1.807) is 0 Å². The molecule has 0 radical (unpaired) electrons. The van der Waals surface area contributed by atoms with Crippen molar-refractivity contribution in [3.63, 3.8) is 0 Å². The molecule has 32 heavy (non-hydrogen) atoms. The van der Waals surface area contributed by atoms with Crippen molar-refractivity contribution in [3.8, 4) is 16.9 Å². The number of carbonyl (C=O) groups excluding carboxylic acids is 1. The molecule has 0 aliphatic heterocycles. The molecule has 2 heteroatoms. The quantitative estimate of drug-likeness (QED) is 0.244. The van der Waals surface area contributed by atoms with Crippen LogP contribution in [0.3, 0.4) is 0 Å². The summed E-state index contributed by atoms with van der Waals surface area (Å²) in [5.74, 6) is 2.01. The molecule has 0 amide bonds. The zero-order valence-electron chi connectivity index (χ0n) is 19.1. The van der Waals surface area contributed by atoms with Crippen LogP contribution in [0.15, 0.2) is 78.9 Å². The Morgan fingerprint density at radius 1 is 0.844 bits per heavy atom. The number of Topliss-reactive ketones (excluding diaryl/α,β-unsaturated/α-hetero) is 1. The number of unbranched alkanes of at least 4 members (excludes halogenated alkanes) is 2. The second-order valence-corrected chi connectivity index (χ2v) is 9.09. The Kier molecular flexibility index (Phi) is 7.77. The number of benzene rings is 3. The van der Waals surface area contributed by atoms with Gasteiger partial charge in [0.05, 0.1) is 6.61 Å². The van der Waals surface area contributed by atoms with Crippen LogP contribution in [0, 0.1) is 11.8 Å². The summed E-state index contributed by atoms with van der Waals surface area (Å²) in [6.07, 6.45) is 7.76. The van der Waals surface area contributed by atoms with Gasteiger partial charge in [-0.25, -0.2) is 0 Å². The van der Waals surface area contributed by atoms with Gasteiger partial charge in [-0.05, 0) is 66.8 Å². The summed E-state index contributed by atoms with van der Waals surface area (Å²) in [5.41, 5.74) is 4.50. The van der Waals surface area contributed by atoms with E-state index in [1.807, 2.05) is 24.3 Å². The lowest BCUT2D eigenvalue weighted by Gasteiger charge is -2.12. The summed E-state index contributed by atoms with van der Waals surface area (Å²) < 4.78 is 5.81. The smallest absolute Gasteiger partial charge is 0.165 e. The normalized spacial score (nSPS) is 17.9. The molecule has 1 saturated carbocycles. The molecule has 0 N–H and O–H groups in total. The van der Waals surface area contributed by atoms with Gasteiger partial charge in [0.15, 0.2) is 5.78 Å². The second-order valence-electron chi connectivity index (χ2n) is 9.09. The summed E-state index contributed by atoms with van der Waals surface area (Å²) in [5, 5.41) is 0. The lowest BCUT2D eigenvalue weighted by Crippen LogP contribution is -2.12. The fraction of sp³-hybridized carbons (Fsp3) is 0.367. The number of ether oxygens (including phenoxy) is 1. The monoisotopic (exact) mass is 426 g/mol. The number of hydrogen-bond donors (Lipinski definition) is 0. The van der Waals surface area contributed by atoms with Gasteiger partial charge >= 0.3 is 0 Å². The van der Waals surface area contributed by atoms with Gasteiger partial charge in [-0.15, -0.1) is 0 Å². The Morgan fingerprint density at radius 2 is 1.53 bits per heavy atom. The predicted octanol–water partition coefficient (Wildman–Crippen LogP) is 7.76. The summed E-state index contributed by atoms with van der Waals surface area (Å²) in [6, 6.07) is 27.0. The molecule has 1 aliphatic rings. The van der Waals surface area contributed by atoms with Crippen LogP contribution in [0.25, 0.3) is 11.1 Å². The summed E-state index contributed by atoms with van der Waals surface area (Å²) in [7, 11) is 0. The first-order chi connectivity index (χ1) is 15.7. The maximum atomic E-state index is 13.1. The van der Waals surface area contributed by atoms with Crippen molar-refractivity contribution < 1.29 is 9.53 Å². The fourth-order valence-corrected chi connectivity index (χ4v) is 4.79. The predicted molar refractivity (Wildman–Crippen MR) is 132 cm³/mol. The van der Waals surface area contributed by atoms with E-state index in [1.165, 1.54) is 18.4 Å². The minimum Gasteiger partial charge on any atom is -0.494 e. The zero-order chi connectivity index (χ0) is 22.2. The van der Waals surface area contributed by atoms with Gasteiger partial charge < -0.3 is 4.74 Å². The minimum absolute atomic E-state index is 0.165. The van der Waals surface area contributed by atoms with E-state index in [-0.39, 0.29) is 5.92 Å². The van der Waals surface area contributed by atoms with Gasteiger partial charge in [0.25, 0.3) is 0 Å². The third kappa shape index (κ3) is 5.88. The molecule has 0 bridgehead atoms. The van der Waals surface area contributed by atoms with E-state index in [9.17, 15) is 4.79 Å². The Balaban J connectivity index is 1.32. The van der Waals surface area contributed by atoms with E-state index < -0.39 is 0 Å². The molecule has 4 rings (SSSR count). The Hall–Kier alpha value is -2.87. The summed E-state index contributed by atoms with van der Waals surface area (Å²) >= 11 is 0. The van der Waals surface area contributed by atoms with Gasteiger partial charge in [0.2, 0.25) is 0 Å². The van der Waals surface area contributed by atoms with Crippen molar-refractivity contribution in [2.24, 2.45) is 11.8 Å². The third-order valence-electron chi connectivity index (χ3n) is 6.65. The first-order valence-corrected chi connectivity index (χ1v) is 12.1. The molecule has 1 aliphatic carbocycles. The largest absolute Gasteiger partial charge is 0.494 e. The average Bonchev–Trinajstić information content (AvgIpc) is 3.31. The average molecular weight is 427 g/mol. The molecule has 2 unspecified atom stereocenters. The van der Waals surface area contributed by atoms with Crippen molar-refractivity contribution in [1.82, 2.24) is 0 Å². The van der Waals surface area contributed by atoms with Crippen molar-refractivity contribution in [1.29, 1.82) is 0 Å². The van der Waals surface area contributed by atoms with Crippen LogP contribution in [0.2, 0.25) is 0 Å². The first kappa shape index (κ1) is 22.3. The van der Waals surface area contributed by atoms with Crippen LogP contribution in [0.1, 0.15) is 61.4 Å². The minimum atomic E-state index is 0.165. The lowest BCUT2D eigenvalue weighted by atomic mass is 9.92. The number of rotatable bonds is 10. The number of carbonyl (C=O) groups is 1. The molecule has 0 aromatic heterocycles. The van der Waals surface area contributed by atoms with E-state index in [2.05, 4.69) is 61.5 Å². The highest BCUT2D eigenvalue weighted by Gasteiger charge is 2.30. The SMILES string of the molecule is CCCCCOc1ccc(-c2ccc(C(=O)C3CCC(Cc4ccccc4)C3)cc2)cc1. The molecule has 166 valence electrons. The standard InChI is InChI=1S/C30H34O2/c1-2-3-7-20-32-29-18-16-26(17-19-29)25-12-14-27(15-13-25)30(31)28-11-10-24(22-28)21-23-8-5-4-6-9-23/h4-6,8-9,12-19,24,28H,2-3,7,10-11,20-22H2,1H3. The maximum Gasteiger partial charge on any atom is 0.165 e. The molecule has 0 saturated heterocycles. The molecule has 3 aromatic rings. The van der Waals surface area contributed by atoms with E-state index in [0.29, 0.717) is 11.7 Å². The highest BCUT2D eigenvalue weighted by atomic mass is 16.5. The van der Waals surface area contributed by atoms with Crippen LogP contribution in [0.5, 0.6) is 5.75 Å². The summed E-state index contributed by atoms with van der Waals surface area (Å²) in [6.45, 7) is 2.97. The van der Waals surface area contributed by atoms with Crippen LogP contribution in [-0.2, 0) is 6.42 Å². The third-order valence-corrected chi connectivity index (χ3v) is 6.65. The number of ketones is 1. The van der Waals surface area contributed by atoms with Crippen LogP contribution in [-0.4, -0.2) is 12.4 Å². The topological polar surface area (TPSA) is 26.3 Å². The van der Waals surface area contributed by atoms with Gasteiger partial charge in [0.1, 0.15) is 5.75 Å². The molecule has 2 atom stereocenters. The fourth-order valence-electron chi connectivity index (χ4n) is 4.79. The van der Waals surface area contributed by atoms with Gasteiger partial charge in [-0.1, -0.05) is 86.5 Å². The Labute approximate surface area is 192 Å². The van der Waals surface area contributed by atoms with Gasteiger partial charge in [0, 0.05) is 11.5 Å². The first-order valence-electron chi connectivity index (χ1n) is 12.1. The van der Waals surface area contributed by atoms with Gasteiger partial charge in [-0.2, -0.15) is 0 Å². The van der Waals surface area contributed by atoms with Gasteiger partial charge in [-0.3, -0.25) is 4.79 Å². The van der Waals surface area contributed by atoms with Crippen molar-refractivity contribution in [2.75, 3.05) is 6.61 Å². The molecule has 0 heterocycles. The summed E-state index contributed by atoms with van der Waals surface area (Å²) in [4.78, 5) is 13.1. The van der Waals surface area contributed by atoms with Crippen molar-refractivity contribution in [2.45, 2.75) is 51.9 Å². The highest BCUT2D eigenvalue weighted by molar-refractivity contribution is 5.98. The Bertz CT molecular complexity index is 974. The molecule has 2 nitrogen and oxygen atoms in total. The van der Waals surface area contributed by atoms with Crippen LogP contribution in [0.4, 0.5) is 0 Å². The molecular formula is C30H34O2. The highest BCUT2D eigenvalue weighted by Crippen LogP contribution is 2.35. The van der Waals surface area contributed by atoms with Crippen molar-refractivity contribution in [3.05, 3.63) is 90.0 Å². The number of hydrogen-bond acceptors (Lipinski definition) is 2. The Morgan fingerprint density at radius 3 is 2.22 bits per heavy atom. The van der Waals surface area contributed by atoms with Crippen molar-refractivity contribution >= 4 is 5.78 Å². The molecule has 0 spiro atoms. The van der Waals surface area contributed by atoms with Crippen LogP contribution >= 0.6 is 0 Å². The molecule has 3 aromatic carbocycles. The zero-order valence-corrected chi connectivity index (χ0v) is 19.1. The van der Waals surface area contributed by atoms with E-state index in [0.717, 1.165) is 61.2 Å². The lowest BCUT2D eigenvalue weighted by molar-refractivity contribution is 0.0920. The van der Waals surface area contributed by atoms with E-state index >= 15 is 0 Å². The molecule has 1 fully saturated rings. The van der Waals surface area contributed by atoms with E-state index in [4.69, 9.17) is 4.74 Å².